The Bertz CT molecular complexity index is 1310. The molecule has 0 aliphatic rings. The summed E-state index contributed by atoms with van der Waals surface area (Å²) in [5.74, 6) is 0.878. The first-order chi connectivity index (χ1) is 14.6. The van der Waals surface area contributed by atoms with Crippen LogP contribution >= 0.6 is 0 Å². The zero-order chi connectivity index (χ0) is 22.2. The van der Waals surface area contributed by atoms with Crippen molar-refractivity contribution in [2.24, 2.45) is 0 Å². The molecule has 0 bridgehead atoms. The first-order valence-corrected chi connectivity index (χ1v) is 11.2. The predicted octanol–water partition coefficient (Wildman–Crippen LogP) is 5.23. The van der Waals surface area contributed by atoms with E-state index < -0.39 is 10.1 Å². The van der Waals surface area contributed by atoms with Gasteiger partial charge in [0.25, 0.3) is 10.1 Å². The fraction of sp³-hybridized carbons (Fsp3) is 0.167. The minimum atomic E-state index is -4.20. The summed E-state index contributed by atoms with van der Waals surface area (Å²) in [4.78, 5) is -0.137. The molecule has 0 amide bonds. The van der Waals surface area contributed by atoms with E-state index in [9.17, 15) is 8.42 Å². The Kier molecular flexibility index (Phi) is 7.07. The largest absolute Gasteiger partial charge is 0.416 e. The fourth-order valence-electron chi connectivity index (χ4n) is 3.19. The van der Waals surface area contributed by atoms with Crippen LogP contribution < -0.4 is 0 Å². The zero-order valence-electron chi connectivity index (χ0n) is 18.4. The molecule has 0 aliphatic heterocycles. The van der Waals surface area contributed by atoms with E-state index in [2.05, 4.69) is 43.1 Å². The van der Waals surface area contributed by atoms with E-state index in [1.807, 2.05) is 36.4 Å². The van der Waals surface area contributed by atoms with Gasteiger partial charge in [-0.2, -0.15) is 8.42 Å². The average molecular weight is 458 g/mol. The summed E-state index contributed by atoms with van der Waals surface area (Å²) in [5.41, 5.74) is 4.67. The van der Waals surface area contributed by atoms with Crippen LogP contribution in [0.25, 0.3) is 34.0 Å². The first-order valence-electron chi connectivity index (χ1n) is 9.74. The first kappa shape index (κ1) is 24.4. The van der Waals surface area contributed by atoms with Crippen molar-refractivity contribution in [1.29, 1.82) is 0 Å². The summed E-state index contributed by atoms with van der Waals surface area (Å²) in [7, 11) is -4.20. The fourth-order valence-corrected chi connectivity index (χ4v) is 3.67. The normalized spacial score (nSPS) is 11.8. The summed E-state index contributed by atoms with van der Waals surface area (Å²) in [6.07, 6.45) is 0. The van der Waals surface area contributed by atoms with Gasteiger partial charge in [0.15, 0.2) is 0 Å². The van der Waals surface area contributed by atoms with Crippen LogP contribution in [0.15, 0.2) is 82.1 Å². The van der Waals surface area contributed by atoms with E-state index in [0.717, 1.165) is 22.3 Å². The van der Waals surface area contributed by atoms with Crippen molar-refractivity contribution >= 4 is 39.7 Å². The predicted molar refractivity (Wildman–Crippen MR) is 125 cm³/mol. The van der Waals surface area contributed by atoms with Crippen LogP contribution in [0.3, 0.4) is 0 Å². The quantitative estimate of drug-likeness (QED) is 0.333. The van der Waals surface area contributed by atoms with Crippen molar-refractivity contribution in [3.05, 3.63) is 78.4 Å². The van der Waals surface area contributed by atoms with Crippen LogP contribution in [0.5, 0.6) is 0 Å². The SMILES string of the molecule is CC(C)(C)c1ccc(-c2nnc(-c3ccc(-c4ccc(S(=O)(=O)O)cc4)cc3)o2)cc1.[Na]. The van der Waals surface area contributed by atoms with Gasteiger partial charge in [0.05, 0.1) is 4.90 Å². The summed E-state index contributed by atoms with van der Waals surface area (Å²) in [6.45, 7) is 6.50. The molecule has 8 heteroatoms. The maximum absolute atomic E-state index is 11.2. The minimum absolute atomic E-state index is 0. The third-order valence-corrected chi connectivity index (χ3v) is 5.91. The van der Waals surface area contributed by atoms with E-state index in [4.69, 9.17) is 8.97 Å². The van der Waals surface area contributed by atoms with E-state index >= 15 is 0 Å². The molecule has 0 saturated heterocycles. The van der Waals surface area contributed by atoms with E-state index in [1.54, 1.807) is 12.1 Å². The second kappa shape index (κ2) is 9.29. The molecule has 32 heavy (non-hydrogen) atoms. The average Bonchev–Trinajstić information content (AvgIpc) is 3.23. The van der Waals surface area contributed by atoms with E-state index in [-0.39, 0.29) is 39.9 Å². The van der Waals surface area contributed by atoms with Gasteiger partial charge in [-0.05, 0) is 58.5 Å². The molecule has 4 rings (SSSR count). The Labute approximate surface area is 209 Å². The topological polar surface area (TPSA) is 93.3 Å². The summed E-state index contributed by atoms with van der Waals surface area (Å²) >= 11 is 0. The van der Waals surface area contributed by atoms with Gasteiger partial charge in [0.1, 0.15) is 0 Å². The van der Waals surface area contributed by atoms with Gasteiger partial charge >= 0.3 is 0 Å². The molecule has 0 spiro atoms. The molecule has 4 aromatic rings. The number of benzene rings is 3. The van der Waals surface area contributed by atoms with Gasteiger partial charge in [-0.25, -0.2) is 0 Å². The molecule has 159 valence electrons. The second-order valence-electron chi connectivity index (χ2n) is 8.32. The van der Waals surface area contributed by atoms with Crippen LogP contribution in [0.1, 0.15) is 26.3 Å². The number of aromatic nitrogens is 2. The summed E-state index contributed by atoms with van der Waals surface area (Å²) in [6, 6.07) is 21.6. The molecule has 1 heterocycles. The third kappa shape index (κ3) is 5.36. The number of nitrogens with zero attached hydrogens (tertiary/aromatic N) is 2. The Morgan fingerprint density at radius 2 is 1.06 bits per heavy atom. The van der Waals surface area contributed by atoms with E-state index in [1.165, 1.54) is 17.7 Å². The number of hydrogen-bond acceptors (Lipinski definition) is 5. The van der Waals surface area contributed by atoms with Crippen molar-refractivity contribution in [3.8, 4) is 34.0 Å². The van der Waals surface area contributed by atoms with Crippen molar-refractivity contribution in [2.75, 3.05) is 0 Å². The van der Waals surface area contributed by atoms with Gasteiger partial charge in [0, 0.05) is 40.7 Å². The second-order valence-corrected chi connectivity index (χ2v) is 9.74. The molecule has 1 N–H and O–H groups in total. The zero-order valence-corrected chi connectivity index (χ0v) is 21.2. The van der Waals surface area contributed by atoms with Gasteiger partial charge in [-0.3, -0.25) is 4.55 Å². The smallest absolute Gasteiger partial charge is 0.294 e. The van der Waals surface area contributed by atoms with Crippen molar-refractivity contribution in [2.45, 2.75) is 31.1 Å². The van der Waals surface area contributed by atoms with Gasteiger partial charge in [0.2, 0.25) is 11.8 Å². The van der Waals surface area contributed by atoms with Crippen molar-refractivity contribution < 1.29 is 17.4 Å². The molecule has 0 saturated carbocycles. The van der Waals surface area contributed by atoms with Gasteiger partial charge < -0.3 is 4.42 Å². The molecule has 3 aromatic carbocycles. The number of hydrogen-bond donors (Lipinski definition) is 1. The molecular formula is C24H22N2NaO4S. The molecule has 1 radical (unpaired) electrons. The monoisotopic (exact) mass is 457 g/mol. The van der Waals surface area contributed by atoms with Crippen LogP contribution in [0.2, 0.25) is 0 Å². The molecule has 0 unspecified atom stereocenters. The Balaban J connectivity index is 0.00000289. The standard InChI is InChI=1S/C24H22N2O4S.Na/c1-24(2,3)20-12-8-19(9-13-20)23-26-25-22(30-23)18-6-4-16(5-7-18)17-10-14-21(15-11-17)31(27,28)29;/h4-15H,1-3H3,(H,27,28,29);. The molecule has 0 atom stereocenters. The molecular weight excluding hydrogens is 435 g/mol. The van der Waals surface area contributed by atoms with Crippen LogP contribution in [-0.4, -0.2) is 52.7 Å². The van der Waals surface area contributed by atoms with Crippen molar-refractivity contribution in [1.82, 2.24) is 10.2 Å². The molecule has 1 aromatic heterocycles. The number of rotatable bonds is 4. The van der Waals surface area contributed by atoms with Gasteiger partial charge in [-0.1, -0.05) is 57.2 Å². The Morgan fingerprint density at radius 3 is 1.47 bits per heavy atom. The Morgan fingerprint density at radius 1 is 0.688 bits per heavy atom. The van der Waals surface area contributed by atoms with Crippen LogP contribution in [-0.2, 0) is 15.5 Å². The summed E-state index contributed by atoms with van der Waals surface area (Å²) in [5, 5.41) is 8.33. The van der Waals surface area contributed by atoms with E-state index in [0.29, 0.717) is 11.8 Å². The van der Waals surface area contributed by atoms with Gasteiger partial charge in [-0.15, -0.1) is 10.2 Å². The third-order valence-electron chi connectivity index (χ3n) is 5.04. The summed E-state index contributed by atoms with van der Waals surface area (Å²) < 4.78 is 37.3. The van der Waals surface area contributed by atoms with Crippen LogP contribution in [0, 0.1) is 0 Å². The van der Waals surface area contributed by atoms with Crippen molar-refractivity contribution in [3.63, 3.8) is 0 Å². The maximum Gasteiger partial charge on any atom is 0.294 e. The Hall–Kier alpha value is -2.29. The molecule has 6 nitrogen and oxygen atoms in total. The molecule has 0 fully saturated rings. The minimum Gasteiger partial charge on any atom is -0.416 e. The maximum atomic E-state index is 11.2. The van der Waals surface area contributed by atoms with Crippen LogP contribution in [0.4, 0.5) is 0 Å². The molecule has 0 aliphatic carbocycles.